The number of anilines is 1. The van der Waals surface area contributed by atoms with Crippen molar-refractivity contribution >= 4 is 53.7 Å². The first kappa shape index (κ1) is 17.1. The second kappa shape index (κ2) is 7.55. The Kier molecular flexibility index (Phi) is 7.61. The van der Waals surface area contributed by atoms with E-state index in [1.807, 2.05) is 18.2 Å². The van der Waals surface area contributed by atoms with E-state index >= 15 is 0 Å². The van der Waals surface area contributed by atoms with Gasteiger partial charge in [0, 0.05) is 30.7 Å². The summed E-state index contributed by atoms with van der Waals surface area (Å²) in [5, 5.41) is 4.91. The van der Waals surface area contributed by atoms with E-state index in [1.165, 1.54) is 0 Å². The summed E-state index contributed by atoms with van der Waals surface area (Å²) >= 11 is 12.1. The van der Waals surface area contributed by atoms with E-state index in [0.29, 0.717) is 6.04 Å². The van der Waals surface area contributed by atoms with Crippen LogP contribution in [0.2, 0.25) is 10.0 Å². The molecule has 0 aromatic heterocycles. The van der Waals surface area contributed by atoms with Crippen LogP contribution in [0.3, 0.4) is 0 Å². The fourth-order valence-corrected chi connectivity index (χ4v) is 2.28. The summed E-state index contributed by atoms with van der Waals surface area (Å²) in [5.41, 5.74) is 1.04. The van der Waals surface area contributed by atoms with Crippen molar-refractivity contribution in [3.05, 3.63) is 28.2 Å². The molecule has 0 radical (unpaired) electrons. The van der Waals surface area contributed by atoms with Gasteiger partial charge in [-0.15, -0.1) is 24.8 Å². The van der Waals surface area contributed by atoms with Crippen LogP contribution in [0.15, 0.2) is 18.2 Å². The van der Waals surface area contributed by atoms with Gasteiger partial charge in [0.15, 0.2) is 0 Å². The smallest absolute Gasteiger partial charge is 0.0640 e. The van der Waals surface area contributed by atoms with E-state index in [2.05, 4.69) is 17.1 Å². The Bertz CT molecular complexity index is 359. The van der Waals surface area contributed by atoms with Crippen molar-refractivity contribution in [3.63, 3.8) is 0 Å². The lowest BCUT2D eigenvalue weighted by Gasteiger charge is -2.34. The molecule has 1 unspecified atom stereocenters. The van der Waals surface area contributed by atoms with Crippen molar-refractivity contribution < 1.29 is 0 Å². The largest absolute Gasteiger partial charge is 0.367 e. The predicted molar refractivity (Wildman–Crippen MR) is 80.6 cm³/mol. The molecule has 0 saturated carbocycles. The molecule has 0 amide bonds. The summed E-state index contributed by atoms with van der Waals surface area (Å²) in [5.74, 6) is 0. The maximum atomic E-state index is 6.16. The van der Waals surface area contributed by atoms with Crippen LogP contribution in [0.1, 0.15) is 6.92 Å². The van der Waals surface area contributed by atoms with Gasteiger partial charge in [0.25, 0.3) is 0 Å². The standard InChI is InChI=1S/C11H14Cl2N2.2ClH/c1-8-7-15(5-4-14-8)11-6-9(12)2-3-10(11)13;;/h2-3,6,8,14H,4-5,7H2,1H3;2*1H. The van der Waals surface area contributed by atoms with Gasteiger partial charge >= 0.3 is 0 Å². The van der Waals surface area contributed by atoms with Crippen molar-refractivity contribution in [1.82, 2.24) is 5.32 Å². The molecule has 0 aliphatic carbocycles. The Morgan fingerprint density at radius 1 is 1.29 bits per heavy atom. The third kappa shape index (κ3) is 4.38. The van der Waals surface area contributed by atoms with Crippen LogP contribution < -0.4 is 10.2 Å². The lowest BCUT2D eigenvalue weighted by atomic mass is 10.2. The fraction of sp³-hybridized carbons (Fsp3) is 0.455. The van der Waals surface area contributed by atoms with Crippen LogP contribution in [-0.4, -0.2) is 25.7 Å². The number of hydrogen-bond donors (Lipinski definition) is 1. The minimum atomic E-state index is 0. The molecule has 1 aliphatic rings. The summed E-state index contributed by atoms with van der Waals surface area (Å²) in [6, 6.07) is 6.10. The average Bonchev–Trinajstić information content (AvgIpc) is 2.22. The first-order valence-electron chi connectivity index (χ1n) is 5.10. The predicted octanol–water partition coefficient (Wildman–Crippen LogP) is 3.64. The number of benzene rings is 1. The normalized spacial score (nSPS) is 19.2. The molecule has 1 aliphatic heterocycles. The maximum absolute atomic E-state index is 6.16. The Hall–Kier alpha value is 0.140. The zero-order valence-corrected chi connectivity index (χ0v) is 12.6. The minimum Gasteiger partial charge on any atom is -0.367 e. The Balaban J connectivity index is 0.00000128. The van der Waals surface area contributed by atoms with Gasteiger partial charge in [-0.3, -0.25) is 0 Å². The summed E-state index contributed by atoms with van der Waals surface area (Å²) < 4.78 is 0. The number of nitrogens with one attached hydrogen (secondary N) is 1. The number of hydrogen-bond acceptors (Lipinski definition) is 2. The first-order valence-corrected chi connectivity index (χ1v) is 5.86. The maximum Gasteiger partial charge on any atom is 0.0640 e. The zero-order valence-electron chi connectivity index (χ0n) is 9.45. The molecule has 2 nitrogen and oxygen atoms in total. The highest BCUT2D eigenvalue weighted by Gasteiger charge is 2.17. The summed E-state index contributed by atoms with van der Waals surface area (Å²) in [6.07, 6.45) is 0. The van der Waals surface area contributed by atoms with E-state index in [0.717, 1.165) is 35.4 Å². The molecule has 17 heavy (non-hydrogen) atoms. The molecule has 98 valence electrons. The van der Waals surface area contributed by atoms with Crippen molar-refractivity contribution in [1.29, 1.82) is 0 Å². The first-order chi connectivity index (χ1) is 7.16. The van der Waals surface area contributed by atoms with Gasteiger partial charge in [0.2, 0.25) is 0 Å². The Morgan fingerprint density at radius 3 is 2.65 bits per heavy atom. The molecule has 0 spiro atoms. The third-order valence-corrected chi connectivity index (χ3v) is 3.17. The zero-order chi connectivity index (χ0) is 10.8. The van der Waals surface area contributed by atoms with E-state index in [9.17, 15) is 0 Å². The molecule has 1 aromatic carbocycles. The number of rotatable bonds is 1. The highest BCUT2D eigenvalue weighted by atomic mass is 35.5. The quantitative estimate of drug-likeness (QED) is 0.850. The molecule has 1 fully saturated rings. The van der Waals surface area contributed by atoms with E-state index < -0.39 is 0 Å². The molecular weight excluding hydrogens is 302 g/mol. The van der Waals surface area contributed by atoms with Gasteiger partial charge in [-0.2, -0.15) is 0 Å². The molecule has 6 heteroatoms. The summed E-state index contributed by atoms with van der Waals surface area (Å²) in [4.78, 5) is 2.27. The van der Waals surface area contributed by atoms with E-state index in [4.69, 9.17) is 23.2 Å². The molecular formula is C11H16Cl4N2. The molecule has 0 bridgehead atoms. The van der Waals surface area contributed by atoms with Crippen molar-refractivity contribution in [2.24, 2.45) is 0 Å². The van der Waals surface area contributed by atoms with Gasteiger partial charge in [-0.05, 0) is 25.1 Å². The SMILES string of the molecule is CC1CN(c2cc(Cl)ccc2Cl)CCN1.Cl.Cl. The minimum absolute atomic E-state index is 0. The van der Waals surface area contributed by atoms with Crippen LogP contribution in [0.25, 0.3) is 0 Å². The number of piperazine rings is 1. The van der Waals surface area contributed by atoms with Gasteiger partial charge in [0.05, 0.1) is 10.7 Å². The molecule has 1 aromatic rings. The highest BCUT2D eigenvalue weighted by molar-refractivity contribution is 6.35. The van der Waals surface area contributed by atoms with E-state index in [-0.39, 0.29) is 24.8 Å². The van der Waals surface area contributed by atoms with Crippen LogP contribution >= 0.6 is 48.0 Å². The van der Waals surface area contributed by atoms with Gasteiger partial charge in [0.1, 0.15) is 0 Å². The van der Waals surface area contributed by atoms with Crippen LogP contribution in [-0.2, 0) is 0 Å². The van der Waals surface area contributed by atoms with E-state index in [1.54, 1.807) is 0 Å². The Morgan fingerprint density at radius 2 is 2.00 bits per heavy atom. The van der Waals surface area contributed by atoms with Gasteiger partial charge < -0.3 is 10.2 Å². The second-order valence-corrected chi connectivity index (χ2v) is 4.74. The Labute approximate surface area is 124 Å². The van der Waals surface area contributed by atoms with Crippen LogP contribution in [0.5, 0.6) is 0 Å². The monoisotopic (exact) mass is 316 g/mol. The second-order valence-electron chi connectivity index (χ2n) is 3.90. The molecule has 1 N–H and O–H groups in total. The van der Waals surface area contributed by atoms with Gasteiger partial charge in [-0.25, -0.2) is 0 Å². The fourth-order valence-electron chi connectivity index (χ4n) is 1.88. The molecule has 2 rings (SSSR count). The lowest BCUT2D eigenvalue weighted by molar-refractivity contribution is 0.485. The highest BCUT2D eigenvalue weighted by Crippen LogP contribution is 2.29. The number of halogens is 4. The topological polar surface area (TPSA) is 15.3 Å². The summed E-state index contributed by atoms with van der Waals surface area (Å²) in [6.45, 7) is 5.11. The molecule has 1 heterocycles. The average molecular weight is 318 g/mol. The van der Waals surface area contributed by atoms with Crippen molar-refractivity contribution in [3.8, 4) is 0 Å². The molecule has 1 atom stereocenters. The summed E-state index contributed by atoms with van der Waals surface area (Å²) in [7, 11) is 0. The third-order valence-electron chi connectivity index (χ3n) is 2.62. The van der Waals surface area contributed by atoms with Crippen molar-refractivity contribution in [2.45, 2.75) is 13.0 Å². The van der Waals surface area contributed by atoms with Crippen LogP contribution in [0, 0.1) is 0 Å². The lowest BCUT2D eigenvalue weighted by Crippen LogP contribution is -2.49. The van der Waals surface area contributed by atoms with Gasteiger partial charge in [-0.1, -0.05) is 23.2 Å². The number of nitrogens with zero attached hydrogens (tertiary/aromatic N) is 1. The molecule has 1 saturated heterocycles. The van der Waals surface area contributed by atoms with Crippen LogP contribution in [0.4, 0.5) is 5.69 Å². The van der Waals surface area contributed by atoms with Crippen molar-refractivity contribution in [2.75, 3.05) is 24.5 Å².